The van der Waals surface area contributed by atoms with E-state index in [0.717, 1.165) is 22.3 Å². The second-order valence-corrected chi connectivity index (χ2v) is 5.96. The first-order valence-electron chi connectivity index (χ1n) is 4.57. The fourth-order valence-corrected chi connectivity index (χ4v) is 3.92. The Morgan fingerprint density at radius 2 is 2.50 bits per heavy atom. The summed E-state index contributed by atoms with van der Waals surface area (Å²) < 4.78 is 2.66. The quantitative estimate of drug-likeness (QED) is 0.852. The van der Waals surface area contributed by atoms with Crippen LogP contribution in [-0.2, 0) is 12.6 Å². The van der Waals surface area contributed by atoms with Crippen molar-refractivity contribution in [3.05, 3.63) is 16.4 Å². The minimum absolute atomic E-state index is 0.231. The molecule has 2 atom stereocenters. The molecule has 2 heterocycles. The SMILES string of the molecule is CC1SCCC1(O)c1c(Br)cnn1C. The summed E-state index contributed by atoms with van der Waals surface area (Å²) in [5.74, 6) is 1.01. The van der Waals surface area contributed by atoms with Gasteiger partial charge >= 0.3 is 0 Å². The maximum absolute atomic E-state index is 10.6. The van der Waals surface area contributed by atoms with E-state index in [0.29, 0.717) is 0 Å². The Kier molecular flexibility index (Phi) is 2.66. The molecule has 0 spiro atoms. The minimum atomic E-state index is -0.727. The highest BCUT2D eigenvalue weighted by Gasteiger charge is 2.43. The maximum atomic E-state index is 10.6. The predicted octanol–water partition coefficient (Wildman–Crippen LogP) is 1.90. The molecule has 1 aromatic rings. The lowest BCUT2D eigenvalue weighted by Gasteiger charge is -2.27. The number of aliphatic hydroxyl groups is 1. The molecule has 14 heavy (non-hydrogen) atoms. The molecule has 3 nitrogen and oxygen atoms in total. The second-order valence-electron chi connectivity index (χ2n) is 3.65. The van der Waals surface area contributed by atoms with Crippen LogP contribution in [0.3, 0.4) is 0 Å². The largest absolute Gasteiger partial charge is 0.382 e. The van der Waals surface area contributed by atoms with Gasteiger partial charge in [-0.25, -0.2) is 0 Å². The summed E-state index contributed by atoms with van der Waals surface area (Å²) in [6, 6.07) is 0. The van der Waals surface area contributed by atoms with Crippen LogP contribution in [0.2, 0.25) is 0 Å². The van der Waals surface area contributed by atoms with Crippen LogP contribution in [0.25, 0.3) is 0 Å². The first kappa shape index (κ1) is 10.5. The van der Waals surface area contributed by atoms with Crippen LogP contribution in [0.5, 0.6) is 0 Å². The summed E-state index contributed by atoms with van der Waals surface area (Å²) in [4.78, 5) is 0. The Labute approximate surface area is 96.0 Å². The van der Waals surface area contributed by atoms with Crippen molar-refractivity contribution in [2.45, 2.75) is 24.2 Å². The van der Waals surface area contributed by atoms with Gasteiger partial charge in [-0.2, -0.15) is 16.9 Å². The summed E-state index contributed by atoms with van der Waals surface area (Å²) in [5.41, 5.74) is 0.171. The number of hydrogen-bond acceptors (Lipinski definition) is 3. The summed E-state index contributed by atoms with van der Waals surface area (Å²) in [6.45, 7) is 2.07. The molecule has 0 amide bonds. The van der Waals surface area contributed by atoms with E-state index in [1.54, 1.807) is 10.9 Å². The molecule has 2 rings (SSSR count). The molecular weight excluding hydrogens is 264 g/mol. The van der Waals surface area contributed by atoms with E-state index in [1.165, 1.54) is 0 Å². The first-order valence-corrected chi connectivity index (χ1v) is 6.42. The van der Waals surface area contributed by atoms with Gasteiger partial charge in [-0.15, -0.1) is 0 Å². The number of aryl methyl sites for hydroxylation is 1. The van der Waals surface area contributed by atoms with Crippen LogP contribution in [0, 0.1) is 0 Å². The van der Waals surface area contributed by atoms with Crippen LogP contribution >= 0.6 is 27.7 Å². The van der Waals surface area contributed by atoms with Gasteiger partial charge in [0.15, 0.2) is 0 Å². The van der Waals surface area contributed by atoms with E-state index in [4.69, 9.17) is 0 Å². The number of nitrogens with zero attached hydrogens (tertiary/aromatic N) is 2. The fourth-order valence-electron chi connectivity index (χ4n) is 1.94. The lowest BCUT2D eigenvalue weighted by atomic mass is 9.93. The van der Waals surface area contributed by atoms with Gasteiger partial charge in [0.2, 0.25) is 0 Å². The van der Waals surface area contributed by atoms with Gasteiger partial charge < -0.3 is 5.11 Å². The average molecular weight is 277 g/mol. The molecular formula is C9H13BrN2OS. The predicted molar refractivity (Wildman–Crippen MR) is 61.3 cm³/mol. The molecule has 0 bridgehead atoms. The summed E-state index contributed by atoms with van der Waals surface area (Å²) >= 11 is 5.25. The van der Waals surface area contributed by atoms with Crippen LogP contribution < -0.4 is 0 Å². The summed E-state index contributed by atoms with van der Waals surface area (Å²) in [5, 5.41) is 14.9. The van der Waals surface area contributed by atoms with Crippen molar-refractivity contribution in [1.82, 2.24) is 9.78 Å². The van der Waals surface area contributed by atoms with Crippen LogP contribution in [0.15, 0.2) is 10.7 Å². The molecule has 1 fully saturated rings. The van der Waals surface area contributed by atoms with Crippen molar-refractivity contribution < 1.29 is 5.11 Å². The molecule has 5 heteroatoms. The van der Waals surface area contributed by atoms with Crippen LogP contribution in [-0.4, -0.2) is 25.9 Å². The summed E-state index contributed by atoms with van der Waals surface area (Å²) in [7, 11) is 1.87. The van der Waals surface area contributed by atoms with E-state index in [2.05, 4.69) is 28.0 Å². The highest BCUT2D eigenvalue weighted by Crippen LogP contribution is 2.44. The van der Waals surface area contributed by atoms with E-state index in [9.17, 15) is 5.11 Å². The summed E-state index contributed by atoms with van der Waals surface area (Å²) in [6.07, 6.45) is 2.54. The van der Waals surface area contributed by atoms with Gasteiger partial charge in [-0.1, -0.05) is 6.92 Å². The van der Waals surface area contributed by atoms with Crippen molar-refractivity contribution in [3.8, 4) is 0 Å². The van der Waals surface area contributed by atoms with Gasteiger partial charge in [-0.3, -0.25) is 4.68 Å². The third-order valence-corrected chi connectivity index (χ3v) is 4.74. The van der Waals surface area contributed by atoms with Gasteiger partial charge in [-0.05, 0) is 28.1 Å². The molecule has 78 valence electrons. The Bertz CT molecular complexity index is 335. The highest BCUT2D eigenvalue weighted by atomic mass is 79.9. The molecule has 1 N–H and O–H groups in total. The van der Waals surface area contributed by atoms with E-state index in [-0.39, 0.29) is 5.25 Å². The third kappa shape index (κ3) is 1.42. The standard InChI is InChI=1S/C9H13BrN2OS/c1-6-9(13,3-4-14-6)8-7(10)5-11-12(8)2/h5-6,13H,3-4H2,1-2H3. The lowest BCUT2D eigenvalue weighted by Crippen LogP contribution is -2.34. The monoisotopic (exact) mass is 276 g/mol. The van der Waals surface area contributed by atoms with Gasteiger partial charge in [0.05, 0.1) is 16.4 Å². The second kappa shape index (κ2) is 3.54. The van der Waals surface area contributed by atoms with E-state index >= 15 is 0 Å². The fraction of sp³-hybridized carbons (Fsp3) is 0.667. The maximum Gasteiger partial charge on any atom is 0.120 e. The Morgan fingerprint density at radius 1 is 1.79 bits per heavy atom. The Morgan fingerprint density at radius 3 is 2.93 bits per heavy atom. The molecule has 1 aliphatic heterocycles. The zero-order valence-electron chi connectivity index (χ0n) is 8.20. The third-order valence-electron chi connectivity index (χ3n) is 2.83. The minimum Gasteiger partial charge on any atom is -0.382 e. The first-order chi connectivity index (χ1) is 6.55. The van der Waals surface area contributed by atoms with Crippen LogP contribution in [0.1, 0.15) is 19.0 Å². The van der Waals surface area contributed by atoms with Crippen molar-refractivity contribution in [2.75, 3.05) is 5.75 Å². The van der Waals surface area contributed by atoms with Gasteiger partial charge in [0.25, 0.3) is 0 Å². The molecule has 1 aromatic heterocycles. The normalized spacial score (nSPS) is 32.4. The van der Waals surface area contributed by atoms with E-state index in [1.807, 2.05) is 18.8 Å². The molecule has 0 saturated carbocycles. The number of hydrogen-bond donors (Lipinski definition) is 1. The lowest BCUT2D eigenvalue weighted by molar-refractivity contribution is 0.0336. The zero-order valence-corrected chi connectivity index (χ0v) is 10.6. The molecule has 0 aromatic carbocycles. The highest BCUT2D eigenvalue weighted by molar-refractivity contribution is 9.10. The van der Waals surface area contributed by atoms with Crippen molar-refractivity contribution >= 4 is 27.7 Å². The van der Waals surface area contributed by atoms with Crippen molar-refractivity contribution in [3.63, 3.8) is 0 Å². The number of halogens is 1. The van der Waals surface area contributed by atoms with Crippen LogP contribution in [0.4, 0.5) is 0 Å². The van der Waals surface area contributed by atoms with Gasteiger partial charge in [0, 0.05) is 12.3 Å². The molecule has 0 aliphatic carbocycles. The number of aromatic nitrogens is 2. The number of rotatable bonds is 1. The Hall–Kier alpha value is 0. The zero-order chi connectivity index (χ0) is 10.3. The van der Waals surface area contributed by atoms with Crippen molar-refractivity contribution in [2.24, 2.45) is 7.05 Å². The smallest absolute Gasteiger partial charge is 0.120 e. The number of thioether (sulfide) groups is 1. The average Bonchev–Trinajstić information content (AvgIpc) is 2.60. The molecule has 1 saturated heterocycles. The van der Waals surface area contributed by atoms with E-state index < -0.39 is 5.60 Å². The topological polar surface area (TPSA) is 38.1 Å². The molecule has 2 unspecified atom stereocenters. The molecule has 1 aliphatic rings. The van der Waals surface area contributed by atoms with Gasteiger partial charge in [0.1, 0.15) is 5.60 Å². The molecule has 0 radical (unpaired) electrons. The van der Waals surface area contributed by atoms with Crippen molar-refractivity contribution in [1.29, 1.82) is 0 Å². The Balaban J connectivity index is 2.47.